The summed E-state index contributed by atoms with van der Waals surface area (Å²) in [5.41, 5.74) is 4.09. The standard InChI is InChI=1S/C22H18Cl2O4S/c1-13-5-8-21(29(25,26)27)15(9-13)11-17-10-14-3-2-4-18(22(14)28-17)19-12-16(23)6-7-20(19)24/h2-9,12,17H,10-11H2,1H3,(H,25,26,27). The first-order valence-electron chi connectivity index (χ1n) is 9.03. The van der Waals surface area contributed by atoms with E-state index in [1.54, 1.807) is 30.3 Å². The lowest BCUT2D eigenvalue weighted by molar-refractivity contribution is 0.233. The topological polar surface area (TPSA) is 63.6 Å². The van der Waals surface area contributed by atoms with Gasteiger partial charge in [-0.1, -0.05) is 59.1 Å². The Kier molecular flexibility index (Phi) is 5.34. The average Bonchev–Trinajstić information content (AvgIpc) is 3.05. The molecule has 0 aromatic heterocycles. The quantitative estimate of drug-likeness (QED) is 0.515. The third kappa shape index (κ3) is 4.14. The number of halogens is 2. The maximum Gasteiger partial charge on any atom is 0.294 e. The van der Waals surface area contributed by atoms with E-state index in [9.17, 15) is 13.0 Å². The Morgan fingerprint density at radius 1 is 1.07 bits per heavy atom. The van der Waals surface area contributed by atoms with Crippen LogP contribution >= 0.6 is 23.2 Å². The van der Waals surface area contributed by atoms with Crippen LogP contribution in [0.25, 0.3) is 11.1 Å². The summed E-state index contributed by atoms with van der Waals surface area (Å²) in [4.78, 5) is -0.0826. The van der Waals surface area contributed by atoms with E-state index in [1.807, 2.05) is 25.1 Å². The van der Waals surface area contributed by atoms with Crippen LogP contribution in [-0.2, 0) is 23.0 Å². The van der Waals surface area contributed by atoms with E-state index in [0.29, 0.717) is 28.5 Å². The van der Waals surface area contributed by atoms with Crippen molar-refractivity contribution in [2.75, 3.05) is 0 Å². The SMILES string of the molecule is Cc1ccc(S(=O)(=O)O)c(CC2Cc3cccc(-c4cc(Cl)ccc4Cl)c3O2)c1. The van der Waals surface area contributed by atoms with Gasteiger partial charge in [-0.05, 0) is 42.3 Å². The van der Waals surface area contributed by atoms with Crippen molar-refractivity contribution in [3.63, 3.8) is 0 Å². The number of hydrogen-bond donors (Lipinski definition) is 1. The van der Waals surface area contributed by atoms with Crippen molar-refractivity contribution in [1.29, 1.82) is 0 Å². The average molecular weight is 449 g/mol. The minimum Gasteiger partial charge on any atom is -0.489 e. The number of fused-ring (bicyclic) bond motifs is 1. The Labute approximate surface area is 179 Å². The maximum atomic E-state index is 11.8. The third-order valence-electron chi connectivity index (χ3n) is 4.99. The predicted molar refractivity (Wildman–Crippen MR) is 115 cm³/mol. The zero-order valence-electron chi connectivity index (χ0n) is 15.5. The lowest BCUT2D eigenvalue weighted by Gasteiger charge is -2.15. The van der Waals surface area contributed by atoms with Gasteiger partial charge in [-0.15, -0.1) is 0 Å². The zero-order valence-corrected chi connectivity index (χ0v) is 17.9. The monoisotopic (exact) mass is 448 g/mol. The molecular weight excluding hydrogens is 431 g/mol. The van der Waals surface area contributed by atoms with Crippen LogP contribution < -0.4 is 4.74 Å². The molecule has 1 unspecified atom stereocenters. The minimum absolute atomic E-state index is 0.0826. The van der Waals surface area contributed by atoms with E-state index < -0.39 is 10.1 Å². The molecule has 1 aliphatic heterocycles. The molecule has 150 valence electrons. The van der Waals surface area contributed by atoms with Crippen molar-refractivity contribution < 1.29 is 17.7 Å². The summed E-state index contributed by atoms with van der Waals surface area (Å²) in [6.45, 7) is 1.88. The second-order valence-electron chi connectivity index (χ2n) is 7.15. The molecule has 4 rings (SSSR count). The highest BCUT2D eigenvalue weighted by molar-refractivity contribution is 7.85. The van der Waals surface area contributed by atoms with Crippen LogP contribution in [0.5, 0.6) is 5.75 Å². The number of benzene rings is 3. The molecule has 0 radical (unpaired) electrons. The minimum atomic E-state index is -4.31. The molecule has 1 N–H and O–H groups in total. The molecule has 7 heteroatoms. The van der Waals surface area contributed by atoms with Gasteiger partial charge in [0.05, 0.1) is 4.90 Å². The molecule has 0 saturated heterocycles. The predicted octanol–water partition coefficient (Wildman–Crippen LogP) is 5.76. The van der Waals surface area contributed by atoms with Crippen molar-refractivity contribution in [2.45, 2.75) is 30.8 Å². The lowest BCUT2D eigenvalue weighted by Crippen LogP contribution is -2.18. The smallest absolute Gasteiger partial charge is 0.294 e. The fraction of sp³-hybridized carbons (Fsp3) is 0.182. The summed E-state index contributed by atoms with van der Waals surface area (Å²) in [5, 5.41) is 1.15. The molecule has 4 nitrogen and oxygen atoms in total. The largest absolute Gasteiger partial charge is 0.489 e. The molecule has 0 amide bonds. The van der Waals surface area contributed by atoms with Crippen molar-refractivity contribution in [1.82, 2.24) is 0 Å². The van der Waals surface area contributed by atoms with Crippen LogP contribution in [0.2, 0.25) is 10.0 Å². The Bertz CT molecular complexity index is 1210. The summed E-state index contributed by atoms with van der Waals surface area (Å²) in [7, 11) is -4.31. The van der Waals surface area contributed by atoms with E-state index in [-0.39, 0.29) is 11.0 Å². The van der Waals surface area contributed by atoms with Gasteiger partial charge in [0.15, 0.2) is 0 Å². The first-order chi connectivity index (χ1) is 13.7. The summed E-state index contributed by atoms with van der Waals surface area (Å²) in [6.07, 6.45) is 0.723. The summed E-state index contributed by atoms with van der Waals surface area (Å²) in [6, 6.07) is 16.0. The number of hydrogen-bond acceptors (Lipinski definition) is 3. The van der Waals surface area contributed by atoms with Gasteiger partial charge in [-0.25, -0.2) is 0 Å². The number of aryl methyl sites for hydroxylation is 1. The van der Waals surface area contributed by atoms with Crippen molar-refractivity contribution in [3.05, 3.63) is 81.3 Å². The van der Waals surface area contributed by atoms with Gasteiger partial charge in [0.2, 0.25) is 0 Å². The van der Waals surface area contributed by atoms with Gasteiger partial charge in [0, 0.05) is 34.0 Å². The van der Waals surface area contributed by atoms with Gasteiger partial charge < -0.3 is 4.74 Å². The Hall–Kier alpha value is -2.05. The molecule has 3 aromatic carbocycles. The molecule has 0 aliphatic carbocycles. The highest BCUT2D eigenvalue weighted by Gasteiger charge is 2.28. The number of para-hydroxylation sites is 1. The van der Waals surface area contributed by atoms with Crippen molar-refractivity contribution in [3.8, 4) is 16.9 Å². The Morgan fingerprint density at radius 3 is 2.62 bits per heavy atom. The fourth-order valence-electron chi connectivity index (χ4n) is 3.73. The van der Waals surface area contributed by atoms with Crippen LogP contribution in [0, 0.1) is 6.92 Å². The highest BCUT2D eigenvalue weighted by atomic mass is 35.5. The molecule has 0 spiro atoms. The molecule has 3 aromatic rings. The summed E-state index contributed by atoms with van der Waals surface area (Å²) < 4.78 is 39.3. The maximum absolute atomic E-state index is 11.8. The normalized spacial score (nSPS) is 15.8. The van der Waals surface area contributed by atoms with E-state index >= 15 is 0 Å². The zero-order chi connectivity index (χ0) is 20.8. The van der Waals surface area contributed by atoms with E-state index in [1.165, 1.54) is 6.07 Å². The summed E-state index contributed by atoms with van der Waals surface area (Å²) in [5.74, 6) is 0.725. The summed E-state index contributed by atoms with van der Waals surface area (Å²) >= 11 is 12.5. The second kappa shape index (κ2) is 7.65. The van der Waals surface area contributed by atoms with E-state index in [0.717, 1.165) is 28.0 Å². The first kappa shape index (κ1) is 20.2. The van der Waals surface area contributed by atoms with Gasteiger partial charge >= 0.3 is 0 Å². The van der Waals surface area contributed by atoms with Crippen LogP contribution in [0.4, 0.5) is 0 Å². The van der Waals surface area contributed by atoms with Crippen LogP contribution in [-0.4, -0.2) is 19.1 Å². The van der Waals surface area contributed by atoms with Crippen molar-refractivity contribution in [2.24, 2.45) is 0 Å². The van der Waals surface area contributed by atoms with Gasteiger partial charge in [-0.2, -0.15) is 8.42 Å². The van der Waals surface area contributed by atoms with E-state index in [4.69, 9.17) is 27.9 Å². The Morgan fingerprint density at radius 2 is 1.86 bits per heavy atom. The molecule has 0 fully saturated rings. The fourth-order valence-corrected chi connectivity index (χ4v) is 4.84. The lowest BCUT2D eigenvalue weighted by atomic mass is 9.99. The molecule has 1 heterocycles. The first-order valence-corrected chi connectivity index (χ1v) is 11.2. The molecule has 0 saturated carbocycles. The van der Waals surface area contributed by atoms with Crippen LogP contribution in [0.3, 0.4) is 0 Å². The molecular formula is C22H18Cl2O4S. The molecule has 1 aliphatic rings. The highest BCUT2D eigenvalue weighted by Crippen LogP contribution is 2.42. The van der Waals surface area contributed by atoms with Gasteiger partial charge in [-0.3, -0.25) is 4.55 Å². The van der Waals surface area contributed by atoms with Crippen LogP contribution in [0.15, 0.2) is 59.5 Å². The molecule has 0 bridgehead atoms. The van der Waals surface area contributed by atoms with E-state index in [2.05, 4.69) is 0 Å². The third-order valence-corrected chi connectivity index (χ3v) is 6.51. The number of ether oxygens (including phenoxy) is 1. The Balaban J connectivity index is 1.68. The molecule has 1 atom stereocenters. The van der Waals surface area contributed by atoms with Crippen LogP contribution in [0.1, 0.15) is 16.7 Å². The second-order valence-corrected chi connectivity index (χ2v) is 9.39. The van der Waals surface area contributed by atoms with Gasteiger partial charge in [0.1, 0.15) is 11.9 Å². The number of rotatable bonds is 4. The van der Waals surface area contributed by atoms with Crippen molar-refractivity contribution >= 4 is 33.3 Å². The molecule has 29 heavy (non-hydrogen) atoms. The van der Waals surface area contributed by atoms with Gasteiger partial charge in [0.25, 0.3) is 10.1 Å².